The highest BCUT2D eigenvalue weighted by Crippen LogP contribution is 2.21. The number of hydrogen-bond acceptors (Lipinski definition) is 4. The first-order chi connectivity index (χ1) is 6.15. The lowest BCUT2D eigenvalue weighted by Crippen LogP contribution is -2.06. The first kappa shape index (κ1) is 10.3. The van der Waals surface area contributed by atoms with Gasteiger partial charge in [-0.2, -0.15) is 0 Å². The van der Waals surface area contributed by atoms with Gasteiger partial charge < -0.3 is 5.73 Å². The molecule has 0 radical (unpaired) electrons. The summed E-state index contributed by atoms with van der Waals surface area (Å²) >= 11 is 1.47. The number of aromatic nitrogens is 1. The summed E-state index contributed by atoms with van der Waals surface area (Å²) in [6, 6.07) is 0. The molecule has 72 valence electrons. The third-order valence-corrected chi connectivity index (χ3v) is 3.00. The standard InChI is InChI=1S/C9H14N2OS/c1-6(2)9-11-5-8(13-9)7(12)3-4-10/h5-6H,3-4,10H2,1-2H3. The Hall–Kier alpha value is -0.740. The molecule has 0 bridgehead atoms. The van der Waals surface area contributed by atoms with Crippen molar-refractivity contribution in [3.8, 4) is 0 Å². The lowest BCUT2D eigenvalue weighted by Gasteiger charge is -1.95. The Morgan fingerprint density at radius 1 is 1.69 bits per heavy atom. The molecule has 1 rings (SSSR count). The van der Waals surface area contributed by atoms with E-state index in [0.717, 1.165) is 9.88 Å². The summed E-state index contributed by atoms with van der Waals surface area (Å²) in [6.45, 7) is 4.54. The van der Waals surface area contributed by atoms with E-state index in [-0.39, 0.29) is 5.78 Å². The fourth-order valence-electron chi connectivity index (χ4n) is 0.938. The zero-order valence-corrected chi connectivity index (χ0v) is 8.73. The highest BCUT2D eigenvalue weighted by molar-refractivity contribution is 7.13. The van der Waals surface area contributed by atoms with E-state index in [1.807, 2.05) is 0 Å². The minimum absolute atomic E-state index is 0.104. The van der Waals surface area contributed by atoms with Crippen LogP contribution in [0.3, 0.4) is 0 Å². The minimum atomic E-state index is 0.104. The molecule has 0 atom stereocenters. The largest absolute Gasteiger partial charge is 0.330 e. The van der Waals surface area contributed by atoms with Gasteiger partial charge in [-0.05, 0) is 6.54 Å². The molecule has 0 aliphatic heterocycles. The van der Waals surface area contributed by atoms with Crippen LogP contribution >= 0.6 is 11.3 Å². The number of thiazole rings is 1. The summed E-state index contributed by atoms with van der Waals surface area (Å²) < 4.78 is 0. The second kappa shape index (κ2) is 4.48. The average Bonchev–Trinajstić information content (AvgIpc) is 2.52. The van der Waals surface area contributed by atoms with E-state index in [0.29, 0.717) is 18.9 Å². The van der Waals surface area contributed by atoms with E-state index in [4.69, 9.17) is 5.73 Å². The Balaban J connectivity index is 2.73. The van der Waals surface area contributed by atoms with E-state index in [2.05, 4.69) is 18.8 Å². The van der Waals surface area contributed by atoms with Crippen LogP contribution in [0.25, 0.3) is 0 Å². The SMILES string of the molecule is CC(C)c1ncc(C(=O)CCN)s1. The summed E-state index contributed by atoms with van der Waals surface area (Å²) in [4.78, 5) is 16.3. The molecule has 4 heteroatoms. The number of ketones is 1. The van der Waals surface area contributed by atoms with Gasteiger partial charge in [0.05, 0.1) is 9.88 Å². The van der Waals surface area contributed by atoms with Crippen molar-refractivity contribution in [3.63, 3.8) is 0 Å². The molecule has 1 heterocycles. The highest BCUT2D eigenvalue weighted by Gasteiger charge is 2.11. The number of carbonyl (C=O) groups excluding carboxylic acids is 1. The smallest absolute Gasteiger partial charge is 0.175 e. The maximum Gasteiger partial charge on any atom is 0.175 e. The van der Waals surface area contributed by atoms with Gasteiger partial charge in [-0.3, -0.25) is 4.79 Å². The van der Waals surface area contributed by atoms with E-state index < -0.39 is 0 Å². The summed E-state index contributed by atoms with van der Waals surface area (Å²) in [5.41, 5.74) is 5.30. The first-order valence-electron chi connectivity index (χ1n) is 4.34. The van der Waals surface area contributed by atoms with Crippen LogP contribution in [0.5, 0.6) is 0 Å². The van der Waals surface area contributed by atoms with E-state index in [1.54, 1.807) is 6.20 Å². The molecule has 0 amide bonds. The first-order valence-corrected chi connectivity index (χ1v) is 5.15. The van der Waals surface area contributed by atoms with Crippen molar-refractivity contribution >= 4 is 17.1 Å². The maximum absolute atomic E-state index is 11.4. The van der Waals surface area contributed by atoms with Gasteiger partial charge in [-0.15, -0.1) is 11.3 Å². The van der Waals surface area contributed by atoms with Crippen LogP contribution in [0, 0.1) is 0 Å². The molecule has 0 aliphatic rings. The Labute approximate surface area is 82.0 Å². The minimum Gasteiger partial charge on any atom is -0.330 e. The van der Waals surface area contributed by atoms with E-state index in [1.165, 1.54) is 11.3 Å². The third-order valence-electron chi connectivity index (χ3n) is 1.66. The molecule has 1 aromatic heterocycles. The monoisotopic (exact) mass is 198 g/mol. The van der Waals surface area contributed by atoms with Gasteiger partial charge >= 0.3 is 0 Å². The van der Waals surface area contributed by atoms with Crippen LogP contribution in [-0.4, -0.2) is 17.3 Å². The lowest BCUT2D eigenvalue weighted by atomic mass is 10.2. The Morgan fingerprint density at radius 2 is 2.38 bits per heavy atom. The predicted octanol–water partition coefficient (Wildman–Crippen LogP) is 1.80. The van der Waals surface area contributed by atoms with E-state index in [9.17, 15) is 4.79 Å². The predicted molar refractivity (Wildman–Crippen MR) is 54.2 cm³/mol. The Bertz CT molecular complexity index is 294. The second-order valence-electron chi connectivity index (χ2n) is 3.18. The van der Waals surface area contributed by atoms with Gasteiger partial charge in [-0.25, -0.2) is 4.98 Å². The Kier molecular flexibility index (Phi) is 3.57. The van der Waals surface area contributed by atoms with Gasteiger partial charge in [0.15, 0.2) is 5.78 Å². The topological polar surface area (TPSA) is 56.0 Å². The van der Waals surface area contributed by atoms with Crippen molar-refractivity contribution in [1.82, 2.24) is 4.98 Å². The van der Waals surface area contributed by atoms with Crippen molar-refractivity contribution in [1.29, 1.82) is 0 Å². The van der Waals surface area contributed by atoms with Crippen molar-refractivity contribution < 1.29 is 4.79 Å². The van der Waals surface area contributed by atoms with Crippen molar-refractivity contribution in [2.75, 3.05) is 6.54 Å². The molecule has 1 aromatic rings. The molecule has 0 aromatic carbocycles. The quantitative estimate of drug-likeness (QED) is 0.750. The molecular formula is C9H14N2OS. The molecule has 0 aliphatic carbocycles. The normalized spacial score (nSPS) is 10.8. The van der Waals surface area contributed by atoms with Crippen LogP contribution in [0.1, 0.15) is 40.9 Å². The number of nitrogens with two attached hydrogens (primary N) is 1. The van der Waals surface area contributed by atoms with Crippen molar-refractivity contribution in [2.24, 2.45) is 5.73 Å². The lowest BCUT2D eigenvalue weighted by molar-refractivity contribution is 0.0989. The average molecular weight is 198 g/mol. The van der Waals surface area contributed by atoms with Gasteiger partial charge in [0.2, 0.25) is 0 Å². The van der Waals surface area contributed by atoms with Gasteiger partial charge in [0.25, 0.3) is 0 Å². The third kappa shape index (κ3) is 2.60. The molecular weight excluding hydrogens is 184 g/mol. The van der Waals surface area contributed by atoms with Crippen LogP contribution in [0.2, 0.25) is 0 Å². The molecule has 2 N–H and O–H groups in total. The van der Waals surface area contributed by atoms with Gasteiger partial charge in [-0.1, -0.05) is 13.8 Å². The number of nitrogens with zero attached hydrogens (tertiary/aromatic N) is 1. The van der Waals surface area contributed by atoms with Gasteiger partial charge in [0.1, 0.15) is 0 Å². The fourth-order valence-corrected chi connectivity index (χ4v) is 1.83. The molecule has 0 fully saturated rings. The fraction of sp³-hybridized carbons (Fsp3) is 0.556. The Morgan fingerprint density at radius 3 is 2.85 bits per heavy atom. The number of hydrogen-bond donors (Lipinski definition) is 1. The van der Waals surface area contributed by atoms with Crippen LogP contribution < -0.4 is 5.73 Å². The van der Waals surface area contributed by atoms with Crippen LogP contribution in [-0.2, 0) is 0 Å². The number of rotatable bonds is 4. The highest BCUT2D eigenvalue weighted by atomic mass is 32.1. The molecule has 0 saturated carbocycles. The molecule has 0 spiro atoms. The van der Waals surface area contributed by atoms with Crippen LogP contribution in [0.15, 0.2) is 6.20 Å². The number of carbonyl (C=O) groups is 1. The van der Waals surface area contributed by atoms with Gasteiger partial charge in [0, 0.05) is 18.5 Å². The molecule has 3 nitrogen and oxygen atoms in total. The summed E-state index contributed by atoms with van der Waals surface area (Å²) in [5, 5.41) is 1.01. The zero-order valence-electron chi connectivity index (χ0n) is 7.91. The summed E-state index contributed by atoms with van der Waals surface area (Å²) in [5.74, 6) is 0.497. The molecule has 0 saturated heterocycles. The van der Waals surface area contributed by atoms with E-state index >= 15 is 0 Å². The summed E-state index contributed by atoms with van der Waals surface area (Å²) in [7, 11) is 0. The second-order valence-corrected chi connectivity index (χ2v) is 4.24. The summed E-state index contributed by atoms with van der Waals surface area (Å²) in [6.07, 6.45) is 2.07. The number of Topliss-reactive ketones (excluding diaryl/α,β-unsaturated/α-hetero) is 1. The van der Waals surface area contributed by atoms with Crippen molar-refractivity contribution in [2.45, 2.75) is 26.2 Å². The van der Waals surface area contributed by atoms with Crippen molar-refractivity contribution in [3.05, 3.63) is 16.1 Å². The maximum atomic E-state index is 11.4. The van der Waals surface area contributed by atoms with Crippen LogP contribution in [0.4, 0.5) is 0 Å². The molecule has 13 heavy (non-hydrogen) atoms. The zero-order chi connectivity index (χ0) is 9.84. The molecule has 0 unspecified atom stereocenters.